The van der Waals surface area contributed by atoms with Crippen LogP contribution in [0.25, 0.3) is 0 Å². The Morgan fingerprint density at radius 2 is 1.77 bits per heavy atom. The molecule has 0 saturated carbocycles. The lowest BCUT2D eigenvalue weighted by atomic mass is 9.87. The smallest absolute Gasteiger partial charge is 0.260 e. The van der Waals surface area contributed by atoms with Crippen LogP contribution in [-0.2, 0) is 10.2 Å². The molecule has 0 aromatic heterocycles. The molecule has 0 radical (unpaired) electrons. The van der Waals surface area contributed by atoms with E-state index in [-0.39, 0.29) is 29.6 Å². The van der Waals surface area contributed by atoms with E-state index in [2.05, 4.69) is 26.1 Å². The Labute approximate surface area is 140 Å². The highest BCUT2D eigenvalue weighted by Crippen LogP contribution is 2.24. The lowest BCUT2D eigenvalue weighted by Crippen LogP contribution is -2.39. The predicted molar refractivity (Wildman–Crippen MR) is 93.7 cm³/mol. The molecule has 0 saturated heterocycles. The maximum absolute atomic E-state index is 11.9. The Morgan fingerprint density at radius 1 is 1.23 bits per heavy atom. The molecule has 2 atom stereocenters. The number of hydrogen-bond donors (Lipinski definition) is 2. The van der Waals surface area contributed by atoms with Crippen LogP contribution in [0.4, 0.5) is 0 Å². The third-order valence-electron chi connectivity index (χ3n) is 3.43. The molecule has 4 nitrogen and oxygen atoms in total. The third-order valence-corrected chi connectivity index (χ3v) is 3.43. The summed E-state index contributed by atoms with van der Waals surface area (Å²) in [6, 6.07) is 7.90. The summed E-state index contributed by atoms with van der Waals surface area (Å²) < 4.78 is 5.67. The minimum Gasteiger partial charge on any atom is -0.481 e. The summed E-state index contributed by atoms with van der Waals surface area (Å²) in [7, 11) is 0. The molecule has 126 valence electrons. The largest absolute Gasteiger partial charge is 0.481 e. The lowest BCUT2D eigenvalue weighted by molar-refractivity contribution is -0.127. The second-order valence-electron chi connectivity index (χ2n) is 6.62. The molecule has 0 aliphatic rings. The maximum atomic E-state index is 11.9. The molecule has 1 aromatic rings. The average Bonchev–Trinajstić information content (AvgIpc) is 2.43. The quantitative estimate of drug-likeness (QED) is 0.844. The van der Waals surface area contributed by atoms with Crippen LogP contribution in [0.15, 0.2) is 24.3 Å². The predicted octanol–water partition coefficient (Wildman–Crippen LogP) is 2.88. The number of carbonyl (C=O) groups is 1. The summed E-state index contributed by atoms with van der Waals surface area (Å²) in [5, 5.41) is 2.85. The number of hydrogen-bond acceptors (Lipinski definition) is 3. The van der Waals surface area contributed by atoms with Crippen molar-refractivity contribution >= 4 is 18.3 Å². The van der Waals surface area contributed by atoms with Gasteiger partial charge in [-0.15, -0.1) is 12.4 Å². The first-order valence-electron chi connectivity index (χ1n) is 7.49. The Kier molecular flexibility index (Phi) is 8.49. The van der Waals surface area contributed by atoms with E-state index in [0.717, 1.165) is 0 Å². The number of amides is 1. The fourth-order valence-electron chi connectivity index (χ4n) is 1.79. The van der Waals surface area contributed by atoms with E-state index < -0.39 is 6.10 Å². The van der Waals surface area contributed by atoms with Crippen molar-refractivity contribution < 1.29 is 9.53 Å². The van der Waals surface area contributed by atoms with Gasteiger partial charge in [-0.1, -0.05) is 39.8 Å². The van der Waals surface area contributed by atoms with Gasteiger partial charge in [-0.05, 0) is 42.5 Å². The molecule has 5 heteroatoms. The molecule has 2 unspecified atom stereocenters. The van der Waals surface area contributed by atoms with Gasteiger partial charge in [-0.2, -0.15) is 0 Å². The highest BCUT2D eigenvalue weighted by molar-refractivity contribution is 5.85. The van der Waals surface area contributed by atoms with Crippen molar-refractivity contribution in [2.45, 2.75) is 46.1 Å². The van der Waals surface area contributed by atoms with E-state index in [1.165, 1.54) is 5.56 Å². The van der Waals surface area contributed by atoms with Gasteiger partial charge in [-0.25, -0.2) is 0 Å². The Morgan fingerprint density at radius 3 is 2.23 bits per heavy atom. The topological polar surface area (TPSA) is 64.3 Å². The molecule has 0 fully saturated rings. The molecule has 1 rings (SSSR count). The van der Waals surface area contributed by atoms with Gasteiger partial charge >= 0.3 is 0 Å². The van der Waals surface area contributed by atoms with E-state index >= 15 is 0 Å². The first-order valence-corrected chi connectivity index (χ1v) is 7.49. The molecule has 0 heterocycles. The second-order valence-corrected chi connectivity index (χ2v) is 6.62. The number of benzene rings is 1. The van der Waals surface area contributed by atoms with Crippen LogP contribution in [0, 0.1) is 5.92 Å². The lowest BCUT2D eigenvalue weighted by Gasteiger charge is -2.20. The fourth-order valence-corrected chi connectivity index (χ4v) is 1.79. The van der Waals surface area contributed by atoms with E-state index in [1.807, 2.05) is 31.2 Å². The molecule has 1 aromatic carbocycles. The number of nitrogens with two attached hydrogens (primary N) is 1. The Hall–Kier alpha value is -1.26. The third kappa shape index (κ3) is 6.67. The Bertz CT molecular complexity index is 455. The van der Waals surface area contributed by atoms with Crippen LogP contribution in [0.3, 0.4) is 0 Å². The first-order chi connectivity index (χ1) is 9.74. The highest BCUT2D eigenvalue weighted by Gasteiger charge is 2.16. The van der Waals surface area contributed by atoms with Crippen LogP contribution in [0.5, 0.6) is 5.75 Å². The first kappa shape index (κ1) is 20.7. The second kappa shape index (κ2) is 9.01. The summed E-state index contributed by atoms with van der Waals surface area (Å²) >= 11 is 0. The standard InChI is InChI=1S/C17H28N2O2.ClH/c1-12(10-18)11-19-16(20)13(2)21-15-8-6-14(7-9-15)17(3,4)5;/h6-9,12-13H,10-11,18H2,1-5H3,(H,19,20);1H. The number of halogens is 1. The van der Waals surface area contributed by atoms with Gasteiger partial charge in [-0.3, -0.25) is 4.79 Å². The molecule has 0 aliphatic heterocycles. The molecule has 0 bridgehead atoms. The van der Waals surface area contributed by atoms with Gasteiger partial charge in [0.2, 0.25) is 0 Å². The summed E-state index contributed by atoms with van der Waals surface area (Å²) in [5.74, 6) is 0.861. The van der Waals surface area contributed by atoms with Crippen LogP contribution < -0.4 is 15.8 Å². The van der Waals surface area contributed by atoms with Crippen molar-refractivity contribution in [1.82, 2.24) is 5.32 Å². The van der Waals surface area contributed by atoms with E-state index in [4.69, 9.17) is 10.5 Å². The fraction of sp³-hybridized carbons (Fsp3) is 0.588. The Balaban J connectivity index is 0.00000441. The van der Waals surface area contributed by atoms with Crippen molar-refractivity contribution in [3.05, 3.63) is 29.8 Å². The van der Waals surface area contributed by atoms with Crippen LogP contribution >= 0.6 is 12.4 Å². The van der Waals surface area contributed by atoms with E-state index in [1.54, 1.807) is 6.92 Å². The number of nitrogens with one attached hydrogen (secondary N) is 1. The molecule has 0 spiro atoms. The number of rotatable bonds is 6. The van der Waals surface area contributed by atoms with Crippen LogP contribution in [0.2, 0.25) is 0 Å². The minimum atomic E-state index is -0.518. The van der Waals surface area contributed by atoms with Gasteiger partial charge in [0, 0.05) is 6.54 Å². The van der Waals surface area contributed by atoms with Crippen molar-refractivity contribution in [2.24, 2.45) is 11.7 Å². The monoisotopic (exact) mass is 328 g/mol. The summed E-state index contributed by atoms with van der Waals surface area (Å²) in [6.07, 6.45) is -0.518. The molecule has 22 heavy (non-hydrogen) atoms. The van der Waals surface area contributed by atoms with Gasteiger partial charge < -0.3 is 15.8 Å². The summed E-state index contributed by atoms with van der Waals surface area (Å²) in [4.78, 5) is 11.9. The molecule has 1 amide bonds. The highest BCUT2D eigenvalue weighted by atomic mass is 35.5. The average molecular weight is 329 g/mol. The molecule has 0 aliphatic carbocycles. The van der Waals surface area contributed by atoms with Crippen molar-refractivity contribution in [3.8, 4) is 5.75 Å². The van der Waals surface area contributed by atoms with Crippen molar-refractivity contribution in [1.29, 1.82) is 0 Å². The van der Waals surface area contributed by atoms with Crippen LogP contribution in [-0.4, -0.2) is 25.1 Å². The zero-order valence-corrected chi connectivity index (χ0v) is 15.0. The maximum Gasteiger partial charge on any atom is 0.260 e. The van der Waals surface area contributed by atoms with Gasteiger partial charge in [0.25, 0.3) is 5.91 Å². The number of carbonyl (C=O) groups excluding carboxylic acids is 1. The van der Waals surface area contributed by atoms with Gasteiger partial charge in [0.15, 0.2) is 6.10 Å². The van der Waals surface area contributed by atoms with Gasteiger partial charge in [0.05, 0.1) is 0 Å². The molecular formula is C17H29ClN2O2. The zero-order valence-electron chi connectivity index (χ0n) is 14.2. The normalized spacial score (nSPS) is 13.7. The number of ether oxygens (including phenoxy) is 1. The van der Waals surface area contributed by atoms with Crippen LogP contribution in [0.1, 0.15) is 40.2 Å². The zero-order chi connectivity index (χ0) is 16.0. The van der Waals surface area contributed by atoms with E-state index in [0.29, 0.717) is 18.8 Å². The molecule has 3 N–H and O–H groups in total. The van der Waals surface area contributed by atoms with E-state index in [9.17, 15) is 4.79 Å². The van der Waals surface area contributed by atoms with Crippen molar-refractivity contribution in [3.63, 3.8) is 0 Å². The molecular weight excluding hydrogens is 300 g/mol. The summed E-state index contributed by atoms with van der Waals surface area (Å²) in [6.45, 7) is 11.4. The summed E-state index contributed by atoms with van der Waals surface area (Å²) in [5.41, 5.74) is 6.88. The minimum absolute atomic E-state index is 0. The SMILES string of the molecule is CC(CN)CNC(=O)C(C)Oc1ccc(C(C)(C)C)cc1.Cl. The van der Waals surface area contributed by atoms with Gasteiger partial charge in [0.1, 0.15) is 5.75 Å². The van der Waals surface area contributed by atoms with Crippen molar-refractivity contribution in [2.75, 3.05) is 13.1 Å².